The number of halogens is 2. The number of nitrogens with one attached hydrogen (secondary N) is 1. The molecule has 0 saturated carbocycles. The lowest BCUT2D eigenvalue weighted by Crippen LogP contribution is -2.12. The van der Waals surface area contributed by atoms with Gasteiger partial charge in [-0.15, -0.1) is 0 Å². The fourth-order valence-corrected chi connectivity index (χ4v) is 2.45. The maximum atomic E-state index is 13.6. The highest BCUT2D eigenvalue weighted by atomic mass is 19.1. The van der Waals surface area contributed by atoms with Crippen molar-refractivity contribution >= 4 is 11.6 Å². The van der Waals surface area contributed by atoms with Gasteiger partial charge in [-0.2, -0.15) is 0 Å². The van der Waals surface area contributed by atoms with Gasteiger partial charge in [0.1, 0.15) is 17.3 Å². The SMILES string of the molecule is O=C(CCc1cc(F)ccc1F)Nc1cccc(C#Cc2ccccn2)c1. The summed E-state index contributed by atoms with van der Waals surface area (Å²) in [6, 6.07) is 15.8. The summed E-state index contributed by atoms with van der Waals surface area (Å²) in [5, 5.41) is 2.75. The van der Waals surface area contributed by atoms with E-state index in [1.54, 1.807) is 24.4 Å². The lowest BCUT2D eigenvalue weighted by Gasteiger charge is -2.06. The first kappa shape index (κ1) is 18.3. The van der Waals surface area contributed by atoms with E-state index in [1.165, 1.54) is 0 Å². The molecule has 3 nitrogen and oxygen atoms in total. The molecule has 0 aliphatic heterocycles. The van der Waals surface area contributed by atoms with Gasteiger partial charge in [-0.05, 0) is 66.4 Å². The molecule has 0 aliphatic carbocycles. The fourth-order valence-electron chi connectivity index (χ4n) is 2.45. The average molecular weight is 362 g/mol. The summed E-state index contributed by atoms with van der Waals surface area (Å²) in [4.78, 5) is 16.2. The highest BCUT2D eigenvalue weighted by molar-refractivity contribution is 5.91. The number of benzene rings is 2. The maximum absolute atomic E-state index is 13.6. The van der Waals surface area contributed by atoms with Gasteiger partial charge in [0.25, 0.3) is 0 Å². The van der Waals surface area contributed by atoms with Gasteiger partial charge in [-0.25, -0.2) is 13.8 Å². The Bertz CT molecular complexity index is 1010. The molecule has 0 atom stereocenters. The van der Waals surface area contributed by atoms with Crippen LogP contribution >= 0.6 is 0 Å². The van der Waals surface area contributed by atoms with Gasteiger partial charge in [0.05, 0.1) is 0 Å². The normalized spacial score (nSPS) is 10.0. The van der Waals surface area contributed by atoms with Crippen LogP contribution < -0.4 is 5.32 Å². The molecule has 0 spiro atoms. The van der Waals surface area contributed by atoms with Gasteiger partial charge in [-0.3, -0.25) is 4.79 Å². The Morgan fingerprint density at radius 1 is 1.00 bits per heavy atom. The topological polar surface area (TPSA) is 42.0 Å². The second-order valence-electron chi connectivity index (χ2n) is 5.83. The molecule has 0 saturated heterocycles. The predicted molar refractivity (Wildman–Crippen MR) is 100.0 cm³/mol. The van der Waals surface area contributed by atoms with Gasteiger partial charge in [-0.1, -0.05) is 18.1 Å². The van der Waals surface area contributed by atoms with E-state index >= 15 is 0 Å². The van der Waals surface area contributed by atoms with E-state index in [1.807, 2.05) is 24.3 Å². The van der Waals surface area contributed by atoms with E-state index in [0.29, 0.717) is 11.4 Å². The molecule has 3 rings (SSSR count). The van der Waals surface area contributed by atoms with Crippen LogP contribution in [0.1, 0.15) is 23.2 Å². The Balaban J connectivity index is 1.61. The number of amides is 1. The van der Waals surface area contributed by atoms with Gasteiger partial charge in [0, 0.05) is 23.9 Å². The zero-order valence-corrected chi connectivity index (χ0v) is 14.4. The summed E-state index contributed by atoms with van der Waals surface area (Å²) in [6.45, 7) is 0. The number of aryl methyl sites for hydroxylation is 1. The molecule has 27 heavy (non-hydrogen) atoms. The molecule has 0 fully saturated rings. The smallest absolute Gasteiger partial charge is 0.224 e. The zero-order valence-electron chi connectivity index (χ0n) is 14.4. The van der Waals surface area contributed by atoms with E-state index in [9.17, 15) is 13.6 Å². The Morgan fingerprint density at radius 3 is 2.70 bits per heavy atom. The first-order chi connectivity index (χ1) is 13.1. The third kappa shape index (κ3) is 5.48. The van der Waals surface area contributed by atoms with Crippen LogP contribution in [0.5, 0.6) is 0 Å². The number of pyridine rings is 1. The summed E-state index contributed by atoms with van der Waals surface area (Å²) in [5.74, 6) is 4.62. The third-order valence-corrected chi connectivity index (χ3v) is 3.78. The first-order valence-electron chi connectivity index (χ1n) is 8.37. The molecule has 1 heterocycles. The molecular weight excluding hydrogens is 346 g/mol. The molecule has 134 valence electrons. The molecule has 0 aliphatic rings. The van der Waals surface area contributed by atoms with E-state index in [-0.39, 0.29) is 24.3 Å². The van der Waals surface area contributed by atoms with Crippen LogP contribution in [0.2, 0.25) is 0 Å². The number of rotatable bonds is 4. The van der Waals surface area contributed by atoms with Crippen molar-refractivity contribution in [3.63, 3.8) is 0 Å². The van der Waals surface area contributed by atoms with Gasteiger partial charge in [0.2, 0.25) is 5.91 Å². The van der Waals surface area contributed by atoms with Gasteiger partial charge in [0.15, 0.2) is 0 Å². The minimum atomic E-state index is -0.522. The molecule has 2 aromatic carbocycles. The monoisotopic (exact) mass is 362 g/mol. The van der Waals surface area contributed by atoms with E-state index < -0.39 is 11.6 Å². The van der Waals surface area contributed by atoms with E-state index in [2.05, 4.69) is 22.1 Å². The standard InChI is InChI=1S/C22H16F2N2O/c23-18-9-11-21(24)17(15-18)8-12-22(27)26-20-6-3-4-16(14-20)7-10-19-5-1-2-13-25-19/h1-6,9,11,13-15H,8,12H2,(H,26,27). The number of hydrogen-bond donors (Lipinski definition) is 1. The number of aromatic nitrogens is 1. The summed E-state index contributed by atoms with van der Waals surface area (Å²) in [5.41, 5.74) is 2.16. The fraction of sp³-hybridized carbons (Fsp3) is 0.0909. The third-order valence-electron chi connectivity index (χ3n) is 3.78. The van der Waals surface area contributed by atoms with Crippen LogP contribution in [0.3, 0.4) is 0 Å². The average Bonchev–Trinajstić information content (AvgIpc) is 2.68. The van der Waals surface area contributed by atoms with Crippen LogP contribution in [0.15, 0.2) is 66.9 Å². The minimum Gasteiger partial charge on any atom is -0.326 e. The number of hydrogen-bond acceptors (Lipinski definition) is 2. The Hall–Kier alpha value is -3.52. The molecule has 0 bridgehead atoms. The summed E-state index contributed by atoms with van der Waals surface area (Å²) in [7, 11) is 0. The van der Waals surface area contributed by atoms with Crippen molar-refractivity contribution in [3.8, 4) is 11.8 Å². The molecule has 0 unspecified atom stereocenters. The molecule has 0 radical (unpaired) electrons. The molecule has 3 aromatic rings. The van der Waals surface area contributed by atoms with Crippen LogP contribution in [0, 0.1) is 23.5 Å². The van der Waals surface area contributed by atoms with E-state index in [4.69, 9.17) is 0 Å². The highest BCUT2D eigenvalue weighted by Crippen LogP contribution is 2.14. The van der Waals surface area contributed by atoms with Crippen molar-refractivity contribution in [2.75, 3.05) is 5.32 Å². The van der Waals surface area contributed by atoms with Crippen molar-refractivity contribution in [1.82, 2.24) is 4.98 Å². The predicted octanol–water partition coefficient (Wildman–Crippen LogP) is 4.33. The Labute approximate surface area is 156 Å². The summed E-state index contributed by atoms with van der Waals surface area (Å²) < 4.78 is 26.8. The quantitative estimate of drug-likeness (QED) is 0.702. The second-order valence-corrected chi connectivity index (χ2v) is 5.83. The second kappa shape index (κ2) is 8.72. The van der Waals surface area contributed by atoms with Crippen LogP contribution in [0.4, 0.5) is 14.5 Å². The first-order valence-corrected chi connectivity index (χ1v) is 8.37. The lowest BCUT2D eigenvalue weighted by atomic mass is 10.1. The highest BCUT2D eigenvalue weighted by Gasteiger charge is 2.08. The largest absolute Gasteiger partial charge is 0.326 e. The van der Waals surface area contributed by atoms with Crippen LogP contribution in [-0.4, -0.2) is 10.9 Å². The molecule has 1 aromatic heterocycles. The van der Waals surface area contributed by atoms with Crippen molar-refractivity contribution in [1.29, 1.82) is 0 Å². The van der Waals surface area contributed by atoms with Crippen molar-refractivity contribution in [3.05, 3.63) is 95.3 Å². The van der Waals surface area contributed by atoms with Crippen molar-refractivity contribution in [2.24, 2.45) is 0 Å². The molecule has 1 N–H and O–H groups in total. The Morgan fingerprint density at radius 2 is 1.89 bits per heavy atom. The maximum Gasteiger partial charge on any atom is 0.224 e. The molecule has 5 heteroatoms. The molecule has 1 amide bonds. The number of anilines is 1. The van der Waals surface area contributed by atoms with Gasteiger partial charge >= 0.3 is 0 Å². The van der Waals surface area contributed by atoms with E-state index in [0.717, 1.165) is 23.8 Å². The number of carbonyl (C=O) groups excluding carboxylic acids is 1. The van der Waals surface area contributed by atoms with Gasteiger partial charge < -0.3 is 5.32 Å². The molecular formula is C22H16F2N2O. The summed E-state index contributed by atoms with van der Waals surface area (Å²) in [6.07, 6.45) is 1.83. The zero-order chi connectivity index (χ0) is 19.1. The number of carbonyl (C=O) groups is 1. The summed E-state index contributed by atoms with van der Waals surface area (Å²) >= 11 is 0. The van der Waals surface area contributed by atoms with Crippen molar-refractivity contribution in [2.45, 2.75) is 12.8 Å². The Kier molecular flexibility index (Phi) is 5.91. The minimum absolute atomic E-state index is 0.0458. The lowest BCUT2D eigenvalue weighted by molar-refractivity contribution is -0.116. The van der Waals surface area contributed by atoms with Crippen LogP contribution in [-0.2, 0) is 11.2 Å². The van der Waals surface area contributed by atoms with Crippen molar-refractivity contribution < 1.29 is 13.6 Å². The van der Waals surface area contributed by atoms with Crippen LogP contribution in [0.25, 0.3) is 0 Å². The number of nitrogens with zero attached hydrogens (tertiary/aromatic N) is 1.